The normalized spacial score (nSPS) is 17.5. The predicted molar refractivity (Wildman–Crippen MR) is 76.2 cm³/mol. The van der Waals surface area contributed by atoms with E-state index < -0.39 is 23.8 Å². The number of morpholine rings is 1. The maximum atomic E-state index is 13.6. The molecule has 1 atom stereocenters. The zero-order chi connectivity index (χ0) is 14.5. The standard InChI is InChI=1S/C13H15FN2O4.ClH/c1-19-13(18)8-2-3-9(14)10(6-8)16-12(17)11-7-15-4-5-20-11;/h2-3,6,11,15H,4-5,7H2,1H3,(H,16,17);1H/t11-;/m1./s1. The zero-order valence-corrected chi connectivity index (χ0v) is 12.2. The number of hydrogen-bond acceptors (Lipinski definition) is 5. The van der Waals surface area contributed by atoms with Gasteiger partial charge in [0.15, 0.2) is 0 Å². The molecule has 1 saturated heterocycles. The summed E-state index contributed by atoms with van der Waals surface area (Å²) in [7, 11) is 1.23. The summed E-state index contributed by atoms with van der Waals surface area (Å²) >= 11 is 0. The fraction of sp³-hybridized carbons (Fsp3) is 0.385. The van der Waals surface area contributed by atoms with E-state index in [1.807, 2.05) is 0 Å². The molecule has 1 aliphatic rings. The molecule has 2 rings (SSSR count). The molecule has 1 fully saturated rings. The van der Waals surface area contributed by atoms with Gasteiger partial charge in [0, 0.05) is 13.1 Å². The molecule has 0 bridgehead atoms. The van der Waals surface area contributed by atoms with Gasteiger partial charge >= 0.3 is 5.97 Å². The fourth-order valence-electron chi connectivity index (χ4n) is 1.81. The molecule has 2 N–H and O–H groups in total. The largest absolute Gasteiger partial charge is 0.465 e. The van der Waals surface area contributed by atoms with Crippen molar-refractivity contribution in [2.75, 3.05) is 32.1 Å². The Morgan fingerprint density at radius 2 is 2.24 bits per heavy atom. The topological polar surface area (TPSA) is 76.7 Å². The van der Waals surface area contributed by atoms with E-state index in [0.29, 0.717) is 19.7 Å². The zero-order valence-electron chi connectivity index (χ0n) is 11.3. The Morgan fingerprint density at radius 3 is 2.86 bits per heavy atom. The average Bonchev–Trinajstić information content (AvgIpc) is 2.49. The number of carbonyl (C=O) groups is 2. The SMILES string of the molecule is COC(=O)c1ccc(F)c(NC(=O)[C@H]2CNCCO2)c1.Cl. The van der Waals surface area contributed by atoms with Gasteiger partial charge in [0.05, 0.1) is 25.0 Å². The lowest BCUT2D eigenvalue weighted by molar-refractivity contribution is -0.128. The Morgan fingerprint density at radius 1 is 1.48 bits per heavy atom. The first-order chi connectivity index (χ1) is 9.61. The van der Waals surface area contributed by atoms with E-state index in [-0.39, 0.29) is 23.7 Å². The molecule has 1 aromatic carbocycles. The van der Waals surface area contributed by atoms with Crippen LogP contribution in [0.3, 0.4) is 0 Å². The van der Waals surface area contributed by atoms with Gasteiger partial charge in [-0.2, -0.15) is 0 Å². The van der Waals surface area contributed by atoms with Crippen LogP contribution < -0.4 is 10.6 Å². The van der Waals surface area contributed by atoms with Gasteiger partial charge in [0.25, 0.3) is 5.91 Å². The van der Waals surface area contributed by atoms with E-state index in [1.54, 1.807) is 0 Å². The first-order valence-electron chi connectivity index (χ1n) is 6.13. The molecule has 0 spiro atoms. The maximum Gasteiger partial charge on any atom is 0.337 e. The Bertz CT molecular complexity index is 521. The molecule has 6 nitrogen and oxygen atoms in total. The minimum absolute atomic E-state index is 0. The number of rotatable bonds is 3. The number of hydrogen-bond donors (Lipinski definition) is 2. The Kier molecular flexibility index (Phi) is 6.54. The molecule has 0 aromatic heterocycles. The lowest BCUT2D eigenvalue weighted by atomic mass is 10.2. The second-order valence-electron chi connectivity index (χ2n) is 4.24. The quantitative estimate of drug-likeness (QED) is 0.812. The average molecular weight is 319 g/mol. The highest BCUT2D eigenvalue weighted by Crippen LogP contribution is 2.17. The lowest BCUT2D eigenvalue weighted by Crippen LogP contribution is -2.45. The van der Waals surface area contributed by atoms with Gasteiger partial charge in [-0.05, 0) is 18.2 Å². The van der Waals surface area contributed by atoms with E-state index in [9.17, 15) is 14.0 Å². The van der Waals surface area contributed by atoms with E-state index in [2.05, 4.69) is 15.4 Å². The monoisotopic (exact) mass is 318 g/mol. The van der Waals surface area contributed by atoms with Crippen molar-refractivity contribution in [3.63, 3.8) is 0 Å². The molecule has 1 amide bonds. The van der Waals surface area contributed by atoms with Crippen LogP contribution in [-0.4, -0.2) is 44.8 Å². The van der Waals surface area contributed by atoms with Crippen molar-refractivity contribution in [3.05, 3.63) is 29.6 Å². The molecule has 0 unspecified atom stereocenters. The van der Waals surface area contributed by atoms with Crippen LogP contribution in [0.5, 0.6) is 0 Å². The van der Waals surface area contributed by atoms with Crippen molar-refractivity contribution < 1.29 is 23.5 Å². The molecule has 116 valence electrons. The highest BCUT2D eigenvalue weighted by molar-refractivity contribution is 5.96. The summed E-state index contributed by atoms with van der Waals surface area (Å²) < 4.78 is 23.4. The summed E-state index contributed by atoms with van der Waals surface area (Å²) in [6.07, 6.45) is -0.676. The van der Waals surface area contributed by atoms with Crippen LogP contribution in [0.15, 0.2) is 18.2 Å². The van der Waals surface area contributed by atoms with Gasteiger partial charge in [-0.15, -0.1) is 12.4 Å². The molecule has 0 aliphatic carbocycles. The highest BCUT2D eigenvalue weighted by atomic mass is 35.5. The van der Waals surface area contributed by atoms with Crippen molar-refractivity contribution in [3.8, 4) is 0 Å². The van der Waals surface area contributed by atoms with Crippen molar-refractivity contribution in [2.45, 2.75) is 6.10 Å². The van der Waals surface area contributed by atoms with Gasteiger partial charge in [-0.3, -0.25) is 4.79 Å². The van der Waals surface area contributed by atoms with Gasteiger partial charge in [0.1, 0.15) is 11.9 Å². The van der Waals surface area contributed by atoms with Crippen LogP contribution in [0, 0.1) is 5.82 Å². The second-order valence-corrected chi connectivity index (χ2v) is 4.24. The molecular formula is C13H16ClFN2O4. The van der Waals surface area contributed by atoms with Gasteiger partial charge < -0.3 is 20.1 Å². The molecule has 0 radical (unpaired) electrons. The molecule has 1 aliphatic heterocycles. The van der Waals surface area contributed by atoms with Crippen LogP contribution >= 0.6 is 12.4 Å². The summed E-state index contributed by atoms with van der Waals surface area (Å²) in [4.78, 5) is 23.3. The third kappa shape index (κ3) is 4.38. The van der Waals surface area contributed by atoms with E-state index >= 15 is 0 Å². The van der Waals surface area contributed by atoms with Gasteiger partial charge in [-0.1, -0.05) is 0 Å². The van der Waals surface area contributed by atoms with Crippen LogP contribution in [0.25, 0.3) is 0 Å². The predicted octanol–water partition coefficient (Wildman–Crippen LogP) is 0.961. The number of amides is 1. The van der Waals surface area contributed by atoms with Crippen molar-refractivity contribution >= 4 is 30.0 Å². The van der Waals surface area contributed by atoms with Crippen LogP contribution in [-0.2, 0) is 14.3 Å². The molecular weight excluding hydrogens is 303 g/mol. The summed E-state index contributed by atoms with van der Waals surface area (Å²) in [6.45, 7) is 1.46. The van der Waals surface area contributed by atoms with Crippen molar-refractivity contribution in [1.29, 1.82) is 0 Å². The molecule has 21 heavy (non-hydrogen) atoms. The van der Waals surface area contributed by atoms with Crippen LogP contribution in [0.1, 0.15) is 10.4 Å². The molecule has 1 heterocycles. The maximum absolute atomic E-state index is 13.6. The van der Waals surface area contributed by atoms with Gasteiger partial charge in [0.2, 0.25) is 0 Å². The van der Waals surface area contributed by atoms with Crippen molar-refractivity contribution in [1.82, 2.24) is 5.32 Å². The highest BCUT2D eigenvalue weighted by Gasteiger charge is 2.23. The number of nitrogens with one attached hydrogen (secondary N) is 2. The number of methoxy groups -OCH3 is 1. The molecule has 8 heteroatoms. The lowest BCUT2D eigenvalue weighted by Gasteiger charge is -2.22. The van der Waals surface area contributed by atoms with E-state index in [4.69, 9.17) is 4.74 Å². The minimum atomic E-state index is -0.676. The minimum Gasteiger partial charge on any atom is -0.465 e. The number of ether oxygens (including phenoxy) is 2. The summed E-state index contributed by atoms with van der Waals surface area (Å²) in [5, 5.41) is 5.41. The second kappa shape index (κ2) is 7.92. The third-order valence-corrected chi connectivity index (χ3v) is 2.87. The van der Waals surface area contributed by atoms with Crippen LogP contribution in [0.2, 0.25) is 0 Å². The Hall–Kier alpha value is -1.70. The first kappa shape index (κ1) is 17.4. The first-order valence-corrected chi connectivity index (χ1v) is 6.13. The number of esters is 1. The third-order valence-electron chi connectivity index (χ3n) is 2.87. The Balaban J connectivity index is 0.00000220. The number of anilines is 1. The van der Waals surface area contributed by atoms with Crippen molar-refractivity contribution in [2.24, 2.45) is 0 Å². The fourth-order valence-corrected chi connectivity index (χ4v) is 1.81. The van der Waals surface area contributed by atoms with E-state index in [0.717, 1.165) is 6.07 Å². The number of benzene rings is 1. The molecule has 1 aromatic rings. The number of carbonyl (C=O) groups excluding carboxylic acids is 2. The summed E-state index contributed by atoms with van der Waals surface area (Å²) in [5.74, 6) is -1.69. The van der Waals surface area contributed by atoms with E-state index in [1.165, 1.54) is 19.2 Å². The Labute approximate surface area is 127 Å². The van der Waals surface area contributed by atoms with Crippen LogP contribution in [0.4, 0.5) is 10.1 Å². The summed E-state index contributed by atoms with van der Waals surface area (Å²) in [6, 6.07) is 3.62. The summed E-state index contributed by atoms with van der Waals surface area (Å²) in [5.41, 5.74) is 0.0824. The van der Waals surface area contributed by atoms with Gasteiger partial charge in [-0.25, -0.2) is 9.18 Å². The smallest absolute Gasteiger partial charge is 0.337 e. The number of halogens is 2. The molecule has 0 saturated carbocycles.